The highest BCUT2D eigenvalue weighted by atomic mass is 32.2. The molecule has 1 heterocycles. The van der Waals surface area contributed by atoms with E-state index in [1.54, 1.807) is 12.1 Å². The third-order valence-electron chi connectivity index (χ3n) is 4.51. The first-order valence-electron chi connectivity index (χ1n) is 9.42. The Hall–Kier alpha value is -2.62. The molecule has 0 aliphatic carbocycles. The molecule has 0 aliphatic heterocycles. The van der Waals surface area contributed by atoms with E-state index in [-0.39, 0.29) is 16.6 Å². The molecule has 0 aliphatic rings. The predicted octanol–water partition coefficient (Wildman–Crippen LogP) is 2.41. The Morgan fingerprint density at radius 3 is 2.47 bits per heavy atom. The molecule has 0 bridgehead atoms. The van der Waals surface area contributed by atoms with E-state index in [9.17, 15) is 13.2 Å². The van der Waals surface area contributed by atoms with Gasteiger partial charge in [-0.25, -0.2) is 18.5 Å². The number of benzene rings is 2. The van der Waals surface area contributed by atoms with Crippen LogP contribution >= 0.6 is 11.8 Å². The molecule has 3 rings (SSSR count). The van der Waals surface area contributed by atoms with Crippen molar-refractivity contribution >= 4 is 27.7 Å². The maximum atomic E-state index is 12.1. The van der Waals surface area contributed by atoms with Crippen LogP contribution in [0.1, 0.15) is 22.5 Å². The molecule has 2 aromatic carbocycles. The normalized spacial score (nSPS) is 11.4. The summed E-state index contributed by atoms with van der Waals surface area (Å²) in [6.45, 7) is 2.45. The minimum Gasteiger partial charge on any atom is -0.355 e. The Kier molecular flexibility index (Phi) is 7.30. The van der Waals surface area contributed by atoms with Gasteiger partial charge in [0, 0.05) is 18.7 Å². The summed E-state index contributed by atoms with van der Waals surface area (Å²) in [5.74, 6) is 0.182. The molecule has 30 heavy (non-hydrogen) atoms. The van der Waals surface area contributed by atoms with Gasteiger partial charge in [0.15, 0.2) is 5.16 Å². The van der Waals surface area contributed by atoms with Crippen LogP contribution in [-0.2, 0) is 27.7 Å². The minimum atomic E-state index is -3.69. The maximum absolute atomic E-state index is 12.1. The molecule has 0 unspecified atom stereocenters. The standard InChI is InChI=1S/C21H24N4O3S2/c1-15-19(13-17-5-3-2-4-6-17)25-21(24-15)29-14-20(26)23-12-11-16-7-9-18(10-8-16)30(22,27)28/h2-10H,11-14H2,1H3,(H,23,26)(H,24,25)(H2,22,27,28). The first-order chi connectivity index (χ1) is 14.3. The third-order valence-corrected chi connectivity index (χ3v) is 6.31. The van der Waals surface area contributed by atoms with Crippen LogP contribution in [0.25, 0.3) is 0 Å². The number of hydrogen-bond donors (Lipinski definition) is 3. The Morgan fingerprint density at radius 2 is 1.80 bits per heavy atom. The first-order valence-corrected chi connectivity index (χ1v) is 11.9. The molecule has 0 spiro atoms. The van der Waals surface area contributed by atoms with Crippen LogP contribution in [0.15, 0.2) is 64.6 Å². The highest BCUT2D eigenvalue weighted by Gasteiger charge is 2.10. The monoisotopic (exact) mass is 444 g/mol. The molecular weight excluding hydrogens is 420 g/mol. The van der Waals surface area contributed by atoms with Crippen molar-refractivity contribution in [2.45, 2.75) is 29.8 Å². The summed E-state index contributed by atoms with van der Waals surface area (Å²) in [5.41, 5.74) is 4.10. The highest BCUT2D eigenvalue weighted by Crippen LogP contribution is 2.18. The van der Waals surface area contributed by atoms with E-state index < -0.39 is 10.0 Å². The summed E-state index contributed by atoms with van der Waals surface area (Å²) < 4.78 is 22.5. The predicted molar refractivity (Wildman–Crippen MR) is 118 cm³/mol. The van der Waals surface area contributed by atoms with E-state index in [2.05, 4.69) is 27.4 Å². The average molecular weight is 445 g/mol. The molecule has 0 saturated carbocycles. The second-order valence-electron chi connectivity index (χ2n) is 6.85. The van der Waals surface area contributed by atoms with E-state index in [1.807, 2.05) is 25.1 Å². The number of aryl methyl sites for hydroxylation is 1. The molecule has 0 saturated heterocycles. The van der Waals surface area contributed by atoms with Crippen molar-refractivity contribution in [3.63, 3.8) is 0 Å². The number of amides is 1. The quantitative estimate of drug-likeness (QED) is 0.438. The van der Waals surface area contributed by atoms with Gasteiger partial charge in [-0.2, -0.15) is 0 Å². The van der Waals surface area contributed by atoms with Crippen molar-refractivity contribution in [3.05, 3.63) is 77.1 Å². The van der Waals surface area contributed by atoms with E-state index >= 15 is 0 Å². The summed E-state index contributed by atoms with van der Waals surface area (Å²) >= 11 is 1.37. The van der Waals surface area contributed by atoms with Crippen molar-refractivity contribution in [2.75, 3.05) is 12.3 Å². The van der Waals surface area contributed by atoms with E-state index in [4.69, 9.17) is 5.14 Å². The Labute approximate surface area is 180 Å². The molecule has 0 radical (unpaired) electrons. The fraction of sp³-hybridized carbons (Fsp3) is 0.238. The zero-order chi connectivity index (χ0) is 21.6. The SMILES string of the molecule is Cc1[nH]c(SCC(=O)NCCc2ccc(S(N)(=O)=O)cc2)nc1Cc1ccccc1. The van der Waals surface area contributed by atoms with Gasteiger partial charge in [0.2, 0.25) is 15.9 Å². The van der Waals surface area contributed by atoms with Gasteiger partial charge < -0.3 is 10.3 Å². The summed E-state index contributed by atoms with van der Waals surface area (Å²) in [6.07, 6.45) is 1.35. The maximum Gasteiger partial charge on any atom is 0.238 e. The van der Waals surface area contributed by atoms with Gasteiger partial charge in [-0.3, -0.25) is 4.79 Å². The molecule has 3 aromatic rings. The van der Waals surface area contributed by atoms with Gasteiger partial charge in [-0.15, -0.1) is 0 Å². The number of imidazole rings is 1. The molecule has 7 nitrogen and oxygen atoms in total. The van der Waals surface area contributed by atoms with Gasteiger partial charge in [0.25, 0.3) is 0 Å². The number of H-pyrrole nitrogens is 1. The number of carbonyl (C=O) groups excluding carboxylic acids is 1. The molecular formula is C21H24N4O3S2. The fourth-order valence-electron chi connectivity index (χ4n) is 2.87. The number of sulfonamides is 1. The molecule has 4 N–H and O–H groups in total. The number of carbonyl (C=O) groups is 1. The molecule has 158 valence electrons. The largest absolute Gasteiger partial charge is 0.355 e. The van der Waals surface area contributed by atoms with Crippen LogP contribution in [0.3, 0.4) is 0 Å². The van der Waals surface area contributed by atoms with Gasteiger partial charge >= 0.3 is 0 Å². The number of thioether (sulfide) groups is 1. The number of aromatic amines is 1. The van der Waals surface area contributed by atoms with Crippen molar-refractivity contribution in [1.82, 2.24) is 15.3 Å². The van der Waals surface area contributed by atoms with Crippen molar-refractivity contribution in [3.8, 4) is 0 Å². The Bertz CT molecular complexity index is 1100. The van der Waals surface area contributed by atoms with Gasteiger partial charge in [0.1, 0.15) is 0 Å². The lowest BCUT2D eigenvalue weighted by atomic mass is 10.1. The number of nitrogens with one attached hydrogen (secondary N) is 2. The third kappa shape index (κ3) is 6.45. The van der Waals surface area contributed by atoms with Crippen LogP contribution < -0.4 is 10.5 Å². The van der Waals surface area contributed by atoms with E-state index in [1.165, 1.54) is 29.5 Å². The summed E-state index contributed by atoms with van der Waals surface area (Å²) in [6, 6.07) is 16.5. The Morgan fingerprint density at radius 1 is 1.10 bits per heavy atom. The van der Waals surface area contributed by atoms with Crippen LogP contribution in [0.2, 0.25) is 0 Å². The molecule has 9 heteroatoms. The van der Waals surface area contributed by atoms with Crippen LogP contribution in [0, 0.1) is 6.92 Å². The van der Waals surface area contributed by atoms with Gasteiger partial charge in [-0.1, -0.05) is 54.2 Å². The summed E-state index contributed by atoms with van der Waals surface area (Å²) in [5, 5.41) is 8.67. The fourth-order valence-corrected chi connectivity index (χ4v) is 4.16. The number of aromatic nitrogens is 2. The van der Waals surface area contributed by atoms with E-state index in [0.717, 1.165) is 28.5 Å². The van der Waals surface area contributed by atoms with Gasteiger partial charge in [0.05, 0.1) is 16.3 Å². The Balaban J connectivity index is 1.43. The summed E-state index contributed by atoms with van der Waals surface area (Å²) in [4.78, 5) is 20.0. The second-order valence-corrected chi connectivity index (χ2v) is 9.38. The van der Waals surface area contributed by atoms with Crippen LogP contribution in [0.5, 0.6) is 0 Å². The molecule has 1 aromatic heterocycles. The number of nitrogens with zero attached hydrogens (tertiary/aromatic N) is 1. The minimum absolute atomic E-state index is 0.0760. The lowest BCUT2D eigenvalue weighted by Crippen LogP contribution is -2.27. The topological polar surface area (TPSA) is 118 Å². The number of nitrogens with two attached hydrogens (primary N) is 1. The molecule has 0 atom stereocenters. The smallest absolute Gasteiger partial charge is 0.238 e. The first kappa shape index (κ1) is 22.1. The van der Waals surface area contributed by atoms with Crippen LogP contribution in [-0.4, -0.2) is 36.6 Å². The summed E-state index contributed by atoms with van der Waals surface area (Å²) in [7, 11) is -3.69. The number of rotatable bonds is 9. The highest BCUT2D eigenvalue weighted by molar-refractivity contribution is 7.99. The van der Waals surface area contributed by atoms with Crippen LogP contribution in [0.4, 0.5) is 0 Å². The zero-order valence-corrected chi connectivity index (χ0v) is 18.2. The van der Waals surface area contributed by atoms with E-state index in [0.29, 0.717) is 13.0 Å². The number of hydrogen-bond acceptors (Lipinski definition) is 5. The zero-order valence-electron chi connectivity index (χ0n) is 16.6. The van der Waals surface area contributed by atoms with Crippen molar-refractivity contribution < 1.29 is 13.2 Å². The molecule has 1 amide bonds. The lowest BCUT2D eigenvalue weighted by molar-refractivity contribution is -0.118. The number of primary sulfonamides is 1. The second kappa shape index (κ2) is 9.92. The van der Waals surface area contributed by atoms with Gasteiger partial charge in [-0.05, 0) is 36.6 Å². The van der Waals surface area contributed by atoms with Crippen molar-refractivity contribution in [1.29, 1.82) is 0 Å². The van der Waals surface area contributed by atoms with Crippen molar-refractivity contribution in [2.24, 2.45) is 5.14 Å². The lowest BCUT2D eigenvalue weighted by Gasteiger charge is -2.05. The molecule has 0 fully saturated rings. The average Bonchev–Trinajstić information content (AvgIpc) is 3.06.